The van der Waals surface area contributed by atoms with Crippen LogP contribution in [-0.4, -0.2) is 5.78 Å². The number of rotatable bonds is 2. The number of hydrogen-bond acceptors (Lipinski definition) is 1. The van der Waals surface area contributed by atoms with E-state index in [4.69, 9.17) is 11.6 Å². The van der Waals surface area contributed by atoms with Crippen molar-refractivity contribution in [3.63, 3.8) is 0 Å². The predicted molar refractivity (Wildman–Crippen MR) is 70.8 cm³/mol. The largest absolute Gasteiger partial charge is 0.289 e. The summed E-state index contributed by atoms with van der Waals surface area (Å²) < 4.78 is 0. The van der Waals surface area contributed by atoms with Crippen LogP contribution in [-0.2, 0) is 0 Å². The Balaban J connectivity index is 2.49. The Bertz CT molecular complexity index is 559. The van der Waals surface area contributed by atoms with Gasteiger partial charge in [-0.3, -0.25) is 4.79 Å². The molecule has 17 heavy (non-hydrogen) atoms. The first-order valence-corrected chi connectivity index (χ1v) is 5.84. The van der Waals surface area contributed by atoms with Gasteiger partial charge in [-0.25, -0.2) is 0 Å². The number of halogens is 1. The van der Waals surface area contributed by atoms with Gasteiger partial charge in [0, 0.05) is 16.1 Å². The first-order valence-electron chi connectivity index (χ1n) is 5.46. The Morgan fingerprint density at radius 1 is 0.941 bits per heavy atom. The lowest BCUT2D eigenvalue weighted by molar-refractivity contribution is 0.103. The summed E-state index contributed by atoms with van der Waals surface area (Å²) in [6.45, 7) is 3.86. The van der Waals surface area contributed by atoms with Gasteiger partial charge < -0.3 is 0 Å². The van der Waals surface area contributed by atoms with Gasteiger partial charge in [0.25, 0.3) is 0 Å². The first-order chi connectivity index (χ1) is 8.11. The first kappa shape index (κ1) is 11.9. The van der Waals surface area contributed by atoms with Gasteiger partial charge in [-0.1, -0.05) is 41.9 Å². The van der Waals surface area contributed by atoms with Gasteiger partial charge in [0.2, 0.25) is 0 Å². The Morgan fingerprint density at radius 3 is 2.24 bits per heavy atom. The average molecular weight is 245 g/mol. The van der Waals surface area contributed by atoms with E-state index in [1.807, 2.05) is 44.2 Å². The van der Waals surface area contributed by atoms with Crippen LogP contribution in [0.4, 0.5) is 0 Å². The van der Waals surface area contributed by atoms with Crippen LogP contribution in [0.1, 0.15) is 27.0 Å². The molecule has 0 bridgehead atoms. The summed E-state index contributed by atoms with van der Waals surface area (Å²) in [6.07, 6.45) is 0. The second-order valence-electron chi connectivity index (χ2n) is 4.04. The third-order valence-electron chi connectivity index (χ3n) is 3.00. The van der Waals surface area contributed by atoms with Gasteiger partial charge in [-0.2, -0.15) is 0 Å². The molecule has 0 saturated heterocycles. The van der Waals surface area contributed by atoms with Crippen molar-refractivity contribution in [3.8, 4) is 0 Å². The molecule has 2 aromatic carbocycles. The van der Waals surface area contributed by atoms with Crippen LogP contribution in [0.5, 0.6) is 0 Å². The maximum absolute atomic E-state index is 12.3. The number of benzene rings is 2. The third-order valence-corrected chi connectivity index (χ3v) is 3.41. The Labute approximate surface area is 106 Å². The lowest BCUT2D eigenvalue weighted by atomic mass is 9.96. The van der Waals surface area contributed by atoms with Crippen molar-refractivity contribution in [2.24, 2.45) is 0 Å². The van der Waals surface area contributed by atoms with Gasteiger partial charge in [-0.05, 0) is 37.1 Å². The second kappa shape index (κ2) is 4.72. The van der Waals surface area contributed by atoms with E-state index in [2.05, 4.69) is 0 Å². The van der Waals surface area contributed by atoms with Gasteiger partial charge >= 0.3 is 0 Å². The molecular weight excluding hydrogens is 232 g/mol. The smallest absolute Gasteiger partial charge is 0.193 e. The summed E-state index contributed by atoms with van der Waals surface area (Å²) in [5, 5.41) is 0.701. The summed E-state index contributed by atoms with van der Waals surface area (Å²) in [7, 11) is 0. The standard InChI is InChI=1S/C15H13ClO/c1-10-11(2)14(16)9-8-13(10)15(17)12-6-4-3-5-7-12/h3-9H,1-2H3. The van der Waals surface area contributed by atoms with Gasteiger partial charge in [0.1, 0.15) is 0 Å². The molecule has 86 valence electrons. The topological polar surface area (TPSA) is 17.1 Å². The Morgan fingerprint density at radius 2 is 1.59 bits per heavy atom. The zero-order valence-electron chi connectivity index (χ0n) is 9.83. The van der Waals surface area contributed by atoms with Gasteiger partial charge in [0.05, 0.1) is 0 Å². The lowest BCUT2D eigenvalue weighted by Gasteiger charge is -2.09. The van der Waals surface area contributed by atoms with Crippen molar-refractivity contribution in [1.29, 1.82) is 0 Å². The van der Waals surface area contributed by atoms with Crippen LogP contribution in [0.25, 0.3) is 0 Å². The van der Waals surface area contributed by atoms with Crippen molar-refractivity contribution in [2.75, 3.05) is 0 Å². The number of carbonyl (C=O) groups is 1. The number of carbonyl (C=O) groups excluding carboxylic acids is 1. The minimum Gasteiger partial charge on any atom is -0.289 e. The fraction of sp³-hybridized carbons (Fsp3) is 0.133. The minimum atomic E-state index is 0.0443. The molecule has 0 amide bonds. The molecule has 0 fully saturated rings. The van der Waals surface area contributed by atoms with E-state index >= 15 is 0 Å². The number of hydrogen-bond donors (Lipinski definition) is 0. The minimum absolute atomic E-state index is 0.0443. The molecule has 0 aromatic heterocycles. The van der Waals surface area contributed by atoms with Crippen molar-refractivity contribution in [1.82, 2.24) is 0 Å². The van der Waals surface area contributed by atoms with E-state index in [0.29, 0.717) is 10.6 Å². The fourth-order valence-corrected chi connectivity index (χ4v) is 1.98. The monoisotopic (exact) mass is 244 g/mol. The highest BCUT2D eigenvalue weighted by atomic mass is 35.5. The second-order valence-corrected chi connectivity index (χ2v) is 4.45. The van der Waals surface area contributed by atoms with E-state index in [9.17, 15) is 4.79 Å². The highest BCUT2D eigenvalue weighted by molar-refractivity contribution is 6.31. The van der Waals surface area contributed by atoms with Gasteiger partial charge in [-0.15, -0.1) is 0 Å². The molecule has 0 aliphatic carbocycles. The van der Waals surface area contributed by atoms with Crippen LogP contribution in [0.15, 0.2) is 42.5 Å². The molecule has 0 aliphatic heterocycles. The fourth-order valence-electron chi connectivity index (χ4n) is 1.78. The molecule has 1 nitrogen and oxygen atoms in total. The summed E-state index contributed by atoms with van der Waals surface area (Å²) >= 11 is 6.03. The van der Waals surface area contributed by atoms with E-state index in [1.165, 1.54) is 0 Å². The van der Waals surface area contributed by atoms with E-state index < -0.39 is 0 Å². The normalized spacial score (nSPS) is 10.3. The number of ketones is 1. The van der Waals surface area contributed by atoms with Crippen LogP contribution in [0, 0.1) is 13.8 Å². The molecule has 0 heterocycles. The van der Waals surface area contributed by atoms with Crippen LogP contribution in [0.2, 0.25) is 5.02 Å². The van der Waals surface area contributed by atoms with E-state index in [-0.39, 0.29) is 5.78 Å². The highest BCUT2D eigenvalue weighted by Crippen LogP contribution is 2.23. The highest BCUT2D eigenvalue weighted by Gasteiger charge is 2.13. The maximum atomic E-state index is 12.3. The lowest BCUT2D eigenvalue weighted by Crippen LogP contribution is -2.04. The van der Waals surface area contributed by atoms with Crippen molar-refractivity contribution >= 4 is 17.4 Å². The Kier molecular flexibility index (Phi) is 3.30. The SMILES string of the molecule is Cc1c(Cl)ccc(C(=O)c2ccccc2)c1C. The molecule has 0 aliphatic rings. The average Bonchev–Trinajstić information content (AvgIpc) is 2.36. The molecule has 0 unspecified atom stereocenters. The molecule has 2 rings (SSSR count). The van der Waals surface area contributed by atoms with Crippen LogP contribution >= 0.6 is 11.6 Å². The molecule has 0 spiro atoms. The van der Waals surface area contributed by atoms with Gasteiger partial charge in [0.15, 0.2) is 5.78 Å². The zero-order valence-corrected chi connectivity index (χ0v) is 10.6. The van der Waals surface area contributed by atoms with Crippen molar-refractivity contribution in [3.05, 3.63) is 69.7 Å². The summed E-state index contributed by atoms with van der Waals surface area (Å²) in [6, 6.07) is 12.9. The molecular formula is C15H13ClO. The van der Waals surface area contributed by atoms with Crippen molar-refractivity contribution < 1.29 is 4.79 Å². The summed E-state index contributed by atoms with van der Waals surface area (Å²) in [5.41, 5.74) is 3.34. The summed E-state index contributed by atoms with van der Waals surface area (Å²) in [5.74, 6) is 0.0443. The molecule has 0 atom stereocenters. The molecule has 0 radical (unpaired) electrons. The molecule has 2 aromatic rings. The van der Waals surface area contributed by atoms with E-state index in [1.54, 1.807) is 12.1 Å². The summed E-state index contributed by atoms with van der Waals surface area (Å²) in [4.78, 5) is 12.3. The molecule has 0 N–H and O–H groups in total. The zero-order chi connectivity index (χ0) is 12.4. The molecule has 2 heteroatoms. The predicted octanol–water partition coefficient (Wildman–Crippen LogP) is 4.19. The Hall–Kier alpha value is -1.60. The van der Waals surface area contributed by atoms with Crippen molar-refractivity contribution in [2.45, 2.75) is 13.8 Å². The van der Waals surface area contributed by atoms with E-state index in [0.717, 1.165) is 16.7 Å². The third kappa shape index (κ3) is 2.25. The molecule has 0 saturated carbocycles. The van der Waals surface area contributed by atoms with Crippen LogP contribution < -0.4 is 0 Å². The quantitative estimate of drug-likeness (QED) is 0.724. The maximum Gasteiger partial charge on any atom is 0.193 e. The van der Waals surface area contributed by atoms with Crippen LogP contribution in [0.3, 0.4) is 0 Å².